The number of hydrogen-bond acceptors (Lipinski definition) is 9. The van der Waals surface area contributed by atoms with Crippen LogP contribution in [0, 0.1) is 5.92 Å². The molecule has 11 nitrogen and oxygen atoms in total. The topological polar surface area (TPSA) is 142 Å². The molecule has 1 fully saturated rings. The largest absolute Gasteiger partial charge is 0.496 e. The number of nitrogens with zero attached hydrogens (tertiary/aromatic N) is 1. The number of carbonyl (C=O) groups is 2. The van der Waals surface area contributed by atoms with Gasteiger partial charge in [0.1, 0.15) is 23.9 Å². The lowest BCUT2D eigenvalue weighted by atomic mass is 9.81. The van der Waals surface area contributed by atoms with Crippen LogP contribution >= 0.6 is 0 Å². The van der Waals surface area contributed by atoms with E-state index in [1.807, 2.05) is 86.6 Å². The fourth-order valence-corrected chi connectivity index (χ4v) is 6.44. The van der Waals surface area contributed by atoms with Gasteiger partial charge in [0, 0.05) is 44.5 Å². The summed E-state index contributed by atoms with van der Waals surface area (Å²) in [7, 11) is 1.65. The van der Waals surface area contributed by atoms with Crippen LogP contribution in [0.2, 0.25) is 0 Å². The van der Waals surface area contributed by atoms with Crippen molar-refractivity contribution in [3.63, 3.8) is 0 Å². The normalized spacial score (nSPS) is 19.0. The van der Waals surface area contributed by atoms with Crippen LogP contribution in [0.1, 0.15) is 63.1 Å². The minimum absolute atomic E-state index is 0.0418. The van der Waals surface area contributed by atoms with Crippen molar-refractivity contribution >= 4 is 11.8 Å². The lowest BCUT2D eigenvalue weighted by molar-refractivity contribution is -0.148. The molecule has 1 heterocycles. The van der Waals surface area contributed by atoms with Gasteiger partial charge in [-0.25, -0.2) is 0 Å². The van der Waals surface area contributed by atoms with Crippen molar-refractivity contribution in [3.05, 3.63) is 89.5 Å². The number of carbonyl (C=O) groups excluding carboxylic acids is 2. The maximum Gasteiger partial charge on any atom is 0.242 e. The van der Waals surface area contributed by atoms with E-state index in [1.54, 1.807) is 18.9 Å². The van der Waals surface area contributed by atoms with E-state index in [-0.39, 0.29) is 50.0 Å². The van der Waals surface area contributed by atoms with Crippen LogP contribution in [0.15, 0.2) is 72.8 Å². The van der Waals surface area contributed by atoms with E-state index in [0.717, 1.165) is 41.0 Å². The van der Waals surface area contributed by atoms with E-state index in [2.05, 4.69) is 5.32 Å². The van der Waals surface area contributed by atoms with Crippen molar-refractivity contribution in [3.8, 4) is 17.2 Å². The maximum atomic E-state index is 13.7. The zero-order valence-corrected chi connectivity index (χ0v) is 31.3. The number of aliphatic hydroxyl groups is 1. The molecule has 5 atom stereocenters. The molecule has 0 aliphatic carbocycles. The molecule has 4 N–H and O–H groups in total. The van der Waals surface area contributed by atoms with Crippen LogP contribution in [-0.2, 0) is 32.1 Å². The third-order valence-electron chi connectivity index (χ3n) is 9.84. The minimum atomic E-state index is -1.08. The van der Waals surface area contributed by atoms with Gasteiger partial charge in [0.2, 0.25) is 11.8 Å². The minimum Gasteiger partial charge on any atom is -0.496 e. The fourth-order valence-electron chi connectivity index (χ4n) is 6.44. The Kier molecular flexibility index (Phi) is 15.8. The average Bonchev–Trinajstić information content (AvgIpc) is 3.14. The Morgan fingerprint density at radius 3 is 2.33 bits per heavy atom. The van der Waals surface area contributed by atoms with Gasteiger partial charge in [-0.3, -0.25) is 9.59 Å². The van der Waals surface area contributed by atoms with Crippen molar-refractivity contribution in [2.75, 3.05) is 53.2 Å². The summed E-state index contributed by atoms with van der Waals surface area (Å²) in [6, 6.07) is 23.2. The fraction of sp³-hybridized carbons (Fsp3) is 0.512. The number of nitrogens with one attached hydrogen (secondary N) is 1. The highest BCUT2D eigenvalue weighted by Gasteiger charge is 2.44. The number of aliphatic hydroxyl groups excluding tert-OH is 1. The van der Waals surface area contributed by atoms with Crippen LogP contribution in [-0.4, -0.2) is 92.7 Å². The van der Waals surface area contributed by atoms with Crippen molar-refractivity contribution in [1.29, 1.82) is 0 Å². The molecule has 0 radical (unpaired) electrons. The molecule has 4 rings (SSSR count). The Balaban J connectivity index is 1.37. The van der Waals surface area contributed by atoms with Gasteiger partial charge < -0.3 is 44.7 Å². The molecule has 2 amide bonds. The maximum absolute atomic E-state index is 13.7. The van der Waals surface area contributed by atoms with Gasteiger partial charge in [0.15, 0.2) is 0 Å². The van der Waals surface area contributed by atoms with Crippen molar-refractivity contribution in [2.24, 2.45) is 11.7 Å². The number of benzene rings is 3. The zero-order valence-electron chi connectivity index (χ0n) is 31.3. The van der Waals surface area contributed by atoms with E-state index < -0.39 is 17.7 Å². The molecule has 0 spiro atoms. The highest BCUT2D eigenvalue weighted by atomic mass is 16.5. The molecule has 11 heteroatoms. The van der Waals surface area contributed by atoms with Gasteiger partial charge in [-0.15, -0.1) is 0 Å². The average molecular weight is 720 g/mol. The second-order valence-corrected chi connectivity index (χ2v) is 13.6. The van der Waals surface area contributed by atoms with Crippen molar-refractivity contribution in [1.82, 2.24) is 10.2 Å². The molecular weight excluding hydrogens is 662 g/mol. The van der Waals surface area contributed by atoms with Crippen LogP contribution < -0.4 is 25.3 Å². The number of likely N-dealkylation sites (tertiary alicyclic amines) is 1. The van der Waals surface area contributed by atoms with Gasteiger partial charge in [-0.05, 0) is 54.7 Å². The van der Waals surface area contributed by atoms with Crippen molar-refractivity contribution < 1.29 is 38.4 Å². The lowest BCUT2D eigenvalue weighted by Crippen LogP contribution is -2.62. The summed E-state index contributed by atoms with van der Waals surface area (Å²) in [4.78, 5) is 26.7. The smallest absolute Gasteiger partial charge is 0.242 e. The van der Waals surface area contributed by atoms with E-state index in [1.165, 1.54) is 6.92 Å². The van der Waals surface area contributed by atoms with Gasteiger partial charge in [0.05, 0.1) is 51.3 Å². The number of methoxy groups -OCH3 is 1. The number of β-amino-alcohol motifs (C(OH)–C–C–N with tert-alkyl or cyclic N) is 1. The third-order valence-corrected chi connectivity index (χ3v) is 9.84. The number of piperidine rings is 1. The second-order valence-electron chi connectivity index (χ2n) is 13.6. The van der Waals surface area contributed by atoms with Crippen LogP contribution in [0.3, 0.4) is 0 Å². The molecule has 0 bridgehead atoms. The number of rotatable bonds is 20. The predicted octanol–water partition coefficient (Wildman–Crippen LogP) is 4.87. The Bertz CT molecular complexity index is 1550. The standard InChI is InChI=1S/C41H57N3O8/c1-6-29(2)41(4,42)40(47)44-26-35(46)39(38(27-44)52-25-24-51-37-15-10-7-12-31(37)20-21-43-30(3)45)32-16-18-34(19-17-32)50-23-11-22-49-28-33-13-8-9-14-36(33)48-5/h7-10,12-19,29,35,38-39,46H,6,11,20-28,42H2,1-5H3,(H,43,45)/t29-,35+,38-,39-,41-/m0/s1. The highest BCUT2D eigenvalue weighted by molar-refractivity contribution is 5.86. The summed E-state index contributed by atoms with van der Waals surface area (Å²) in [6.45, 7) is 10.2. The number of para-hydroxylation sites is 2. The van der Waals surface area contributed by atoms with Gasteiger partial charge in [0.25, 0.3) is 0 Å². The third kappa shape index (κ3) is 11.4. The number of amides is 2. The molecule has 0 saturated carbocycles. The molecule has 284 valence electrons. The van der Waals surface area contributed by atoms with Crippen molar-refractivity contribution in [2.45, 2.75) is 77.2 Å². The van der Waals surface area contributed by atoms with Crippen LogP contribution in [0.25, 0.3) is 0 Å². The van der Waals surface area contributed by atoms with E-state index in [0.29, 0.717) is 38.5 Å². The predicted molar refractivity (Wildman–Crippen MR) is 201 cm³/mol. The molecule has 0 aromatic heterocycles. The molecule has 52 heavy (non-hydrogen) atoms. The molecule has 1 saturated heterocycles. The van der Waals surface area contributed by atoms with E-state index >= 15 is 0 Å². The number of ether oxygens (including phenoxy) is 5. The second kappa shape index (κ2) is 20.2. The highest BCUT2D eigenvalue weighted by Crippen LogP contribution is 2.34. The van der Waals surface area contributed by atoms with Gasteiger partial charge in [-0.1, -0.05) is 68.8 Å². The zero-order chi connectivity index (χ0) is 37.5. The molecular formula is C41H57N3O8. The Hall–Kier alpha value is -4.16. The summed E-state index contributed by atoms with van der Waals surface area (Å²) in [5.41, 5.74) is 8.37. The van der Waals surface area contributed by atoms with Crippen LogP contribution in [0.4, 0.5) is 0 Å². The van der Waals surface area contributed by atoms with Gasteiger partial charge >= 0.3 is 0 Å². The summed E-state index contributed by atoms with van der Waals surface area (Å²) in [5, 5.41) is 14.4. The quantitative estimate of drug-likeness (QED) is 0.140. The molecule has 1 aliphatic heterocycles. The SMILES string of the molecule is CC[C@H](C)[C@](C)(N)C(=O)N1C[C@@H](O)[C@H](c2ccc(OCCCOCc3ccccc3OC)cc2)[C@@H](OCCOc2ccccc2CCNC(C)=O)C1. The first-order valence-corrected chi connectivity index (χ1v) is 18.3. The Labute approximate surface area is 308 Å². The number of hydrogen-bond donors (Lipinski definition) is 3. The Morgan fingerprint density at radius 2 is 1.63 bits per heavy atom. The number of nitrogens with two attached hydrogens (primary N) is 1. The lowest BCUT2D eigenvalue weighted by Gasteiger charge is -2.45. The summed E-state index contributed by atoms with van der Waals surface area (Å²) >= 11 is 0. The first-order valence-electron chi connectivity index (χ1n) is 18.3. The van der Waals surface area contributed by atoms with E-state index in [9.17, 15) is 14.7 Å². The molecule has 0 unspecified atom stereocenters. The van der Waals surface area contributed by atoms with Crippen LogP contribution in [0.5, 0.6) is 17.2 Å². The molecule has 3 aromatic rings. The van der Waals surface area contributed by atoms with Gasteiger partial charge in [-0.2, -0.15) is 0 Å². The first-order chi connectivity index (χ1) is 25.0. The molecule has 3 aromatic carbocycles. The first kappa shape index (κ1) is 40.6. The monoisotopic (exact) mass is 719 g/mol. The van der Waals surface area contributed by atoms with E-state index in [4.69, 9.17) is 29.4 Å². The summed E-state index contributed by atoms with van der Waals surface area (Å²) < 4.78 is 29.7. The Morgan fingerprint density at radius 1 is 0.942 bits per heavy atom. The summed E-state index contributed by atoms with van der Waals surface area (Å²) in [6.07, 6.45) is 0.724. The summed E-state index contributed by atoms with van der Waals surface area (Å²) in [5.74, 6) is 1.54. The molecule has 1 aliphatic rings.